The van der Waals surface area contributed by atoms with Crippen LogP contribution >= 0.6 is 0 Å². The number of hydrogen-bond acceptors (Lipinski definition) is 1. The van der Waals surface area contributed by atoms with Gasteiger partial charge in [0.15, 0.2) is 0 Å². The van der Waals surface area contributed by atoms with Crippen LogP contribution in [0.15, 0.2) is 0 Å². The van der Waals surface area contributed by atoms with Crippen molar-refractivity contribution in [2.75, 3.05) is 14.1 Å². The van der Waals surface area contributed by atoms with E-state index in [4.69, 9.17) is 0 Å². The van der Waals surface area contributed by atoms with Crippen LogP contribution in [0.3, 0.4) is 0 Å². The molecule has 2 heteroatoms. The first-order valence-electron chi connectivity index (χ1n) is 2.57. The maximum atomic E-state index is 10.5. The standard InChI is InChI=1S/C6H12NO/c1-5(6(2)8)7(3)4/h1-4H3/q+1. The van der Waals surface area contributed by atoms with Gasteiger partial charge in [-0.15, -0.1) is 0 Å². The lowest BCUT2D eigenvalue weighted by molar-refractivity contribution is -0.463. The van der Waals surface area contributed by atoms with E-state index in [9.17, 15) is 4.79 Å². The predicted molar refractivity (Wildman–Crippen MR) is 33.5 cm³/mol. The monoisotopic (exact) mass is 114 g/mol. The second kappa shape index (κ2) is 2.60. The van der Waals surface area contributed by atoms with Crippen molar-refractivity contribution in [3.05, 3.63) is 0 Å². The molecule has 0 heterocycles. The fraction of sp³-hybridized carbons (Fsp3) is 0.667. The molecule has 0 amide bonds. The van der Waals surface area contributed by atoms with Crippen molar-refractivity contribution >= 4 is 11.5 Å². The van der Waals surface area contributed by atoms with Gasteiger partial charge >= 0.3 is 0 Å². The van der Waals surface area contributed by atoms with Crippen LogP contribution in [0.5, 0.6) is 0 Å². The maximum absolute atomic E-state index is 10.5. The Morgan fingerprint density at radius 2 is 1.62 bits per heavy atom. The van der Waals surface area contributed by atoms with Crippen LogP contribution in [-0.2, 0) is 4.79 Å². The highest BCUT2D eigenvalue weighted by Crippen LogP contribution is 1.74. The number of ketones is 1. The minimum Gasteiger partial charge on any atom is -0.288 e. The molecule has 0 rings (SSSR count). The van der Waals surface area contributed by atoms with E-state index in [1.807, 2.05) is 25.6 Å². The molecule has 0 radical (unpaired) electrons. The first-order chi connectivity index (χ1) is 3.55. The fourth-order valence-corrected chi connectivity index (χ4v) is 0.315. The fourth-order valence-electron chi connectivity index (χ4n) is 0.315. The molecule has 0 spiro atoms. The quantitative estimate of drug-likeness (QED) is 0.355. The summed E-state index contributed by atoms with van der Waals surface area (Å²) >= 11 is 0. The van der Waals surface area contributed by atoms with Crippen molar-refractivity contribution in [2.45, 2.75) is 13.8 Å². The van der Waals surface area contributed by atoms with E-state index in [0.29, 0.717) is 0 Å². The van der Waals surface area contributed by atoms with Crippen LogP contribution in [0.1, 0.15) is 13.8 Å². The summed E-state index contributed by atoms with van der Waals surface area (Å²) in [6.07, 6.45) is 0. The predicted octanol–water partition coefficient (Wildman–Crippen LogP) is 0.308. The van der Waals surface area contributed by atoms with Gasteiger partial charge in [-0.05, 0) is 0 Å². The number of carbonyl (C=O) groups excluding carboxylic acids is 1. The number of hydrogen-bond donors (Lipinski definition) is 0. The van der Waals surface area contributed by atoms with Crippen LogP contribution in [0.25, 0.3) is 0 Å². The summed E-state index contributed by atoms with van der Waals surface area (Å²) < 4.78 is 1.81. The highest BCUT2D eigenvalue weighted by molar-refractivity contribution is 6.35. The second-order valence-electron chi connectivity index (χ2n) is 2.04. The van der Waals surface area contributed by atoms with Crippen molar-refractivity contribution in [3.63, 3.8) is 0 Å². The molecule has 0 fully saturated rings. The first kappa shape index (κ1) is 7.34. The van der Waals surface area contributed by atoms with E-state index >= 15 is 0 Å². The van der Waals surface area contributed by atoms with Crippen molar-refractivity contribution < 1.29 is 9.37 Å². The molecular weight excluding hydrogens is 102 g/mol. The van der Waals surface area contributed by atoms with Gasteiger partial charge in [-0.1, -0.05) is 0 Å². The Balaban J connectivity index is 4.23. The van der Waals surface area contributed by atoms with Crippen molar-refractivity contribution in [2.24, 2.45) is 0 Å². The number of Topliss-reactive ketones (excluding diaryl/α,β-unsaturated/α-hetero) is 1. The summed E-state index contributed by atoms with van der Waals surface area (Å²) in [5.74, 6) is 0.134. The molecule has 0 aromatic heterocycles. The summed E-state index contributed by atoms with van der Waals surface area (Å²) in [6, 6.07) is 0. The van der Waals surface area contributed by atoms with Gasteiger partial charge < -0.3 is 0 Å². The lowest BCUT2D eigenvalue weighted by Gasteiger charge is -1.88. The van der Waals surface area contributed by atoms with E-state index in [1.165, 1.54) is 0 Å². The number of rotatable bonds is 1. The van der Waals surface area contributed by atoms with E-state index in [0.717, 1.165) is 5.71 Å². The average Bonchev–Trinajstić information content (AvgIpc) is 1.64. The van der Waals surface area contributed by atoms with Gasteiger partial charge in [-0.25, -0.2) is 4.58 Å². The molecular formula is C6H12NO+. The molecule has 0 unspecified atom stereocenters. The minimum atomic E-state index is 0.134. The third kappa shape index (κ3) is 1.87. The maximum Gasteiger partial charge on any atom is 0.218 e. The first-order valence-corrected chi connectivity index (χ1v) is 2.57. The zero-order chi connectivity index (χ0) is 6.73. The third-order valence-electron chi connectivity index (χ3n) is 1.18. The highest BCUT2D eigenvalue weighted by atomic mass is 16.1. The molecule has 0 aliphatic rings. The summed E-state index contributed by atoms with van der Waals surface area (Å²) in [5.41, 5.74) is 0.796. The molecule has 0 aromatic rings. The van der Waals surface area contributed by atoms with Crippen molar-refractivity contribution in [1.82, 2.24) is 0 Å². The smallest absolute Gasteiger partial charge is 0.218 e. The number of carbonyl (C=O) groups is 1. The molecule has 0 aromatic carbocycles. The van der Waals surface area contributed by atoms with Gasteiger partial charge in [0.05, 0.1) is 0 Å². The largest absolute Gasteiger partial charge is 0.288 e. The Bertz CT molecular complexity index is 131. The van der Waals surface area contributed by atoms with Gasteiger partial charge in [0.25, 0.3) is 0 Å². The lowest BCUT2D eigenvalue weighted by Crippen LogP contribution is -2.16. The van der Waals surface area contributed by atoms with Crippen LogP contribution in [-0.4, -0.2) is 30.2 Å². The van der Waals surface area contributed by atoms with Gasteiger partial charge in [-0.3, -0.25) is 4.79 Å². The van der Waals surface area contributed by atoms with Gasteiger partial charge in [0, 0.05) is 13.8 Å². The third-order valence-corrected chi connectivity index (χ3v) is 1.18. The average molecular weight is 114 g/mol. The topological polar surface area (TPSA) is 20.1 Å². The zero-order valence-electron chi connectivity index (χ0n) is 5.86. The van der Waals surface area contributed by atoms with E-state index < -0.39 is 0 Å². The van der Waals surface area contributed by atoms with E-state index in [-0.39, 0.29) is 5.78 Å². The summed E-state index contributed by atoms with van der Waals surface area (Å²) in [6.45, 7) is 3.37. The molecule has 0 aliphatic carbocycles. The van der Waals surface area contributed by atoms with Crippen molar-refractivity contribution in [3.8, 4) is 0 Å². The Morgan fingerprint density at radius 3 is 1.62 bits per heavy atom. The SMILES string of the molecule is CC(=O)C(C)=[N+](C)C. The van der Waals surface area contributed by atoms with Crippen LogP contribution < -0.4 is 0 Å². The summed E-state index contributed by atoms with van der Waals surface area (Å²) in [7, 11) is 3.72. The molecule has 8 heavy (non-hydrogen) atoms. The van der Waals surface area contributed by atoms with Crippen LogP contribution in [0.4, 0.5) is 0 Å². The van der Waals surface area contributed by atoms with Crippen molar-refractivity contribution in [1.29, 1.82) is 0 Å². The molecule has 0 atom stereocenters. The van der Waals surface area contributed by atoms with E-state index in [2.05, 4.69) is 0 Å². The molecule has 2 nitrogen and oxygen atoms in total. The molecule has 46 valence electrons. The Labute approximate surface area is 49.8 Å². The summed E-state index contributed by atoms with van der Waals surface area (Å²) in [4.78, 5) is 10.5. The van der Waals surface area contributed by atoms with Gasteiger partial charge in [0.1, 0.15) is 14.1 Å². The molecule has 0 saturated heterocycles. The molecule has 0 N–H and O–H groups in total. The lowest BCUT2D eigenvalue weighted by atomic mass is 10.3. The second-order valence-corrected chi connectivity index (χ2v) is 2.04. The Morgan fingerprint density at radius 1 is 1.25 bits per heavy atom. The van der Waals surface area contributed by atoms with E-state index in [1.54, 1.807) is 6.92 Å². The van der Waals surface area contributed by atoms with Crippen LogP contribution in [0.2, 0.25) is 0 Å². The number of nitrogens with zero attached hydrogens (tertiary/aromatic N) is 1. The van der Waals surface area contributed by atoms with Crippen LogP contribution in [0, 0.1) is 0 Å². The molecule has 0 bridgehead atoms. The van der Waals surface area contributed by atoms with Gasteiger partial charge in [0.2, 0.25) is 11.5 Å². The molecule has 0 aliphatic heterocycles. The van der Waals surface area contributed by atoms with Gasteiger partial charge in [-0.2, -0.15) is 0 Å². The highest BCUT2D eigenvalue weighted by Gasteiger charge is 2.03. The Hall–Kier alpha value is -0.660. The summed E-state index contributed by atoms with van der Waals surface area (Å²) in [5, 5.41) is 0. The zero-order valence-corrected chi connectivity index (χ0v) is 5.86. The minimum absolute atomic E-state index is 0.134. The molecule has 0 saturated carbocycles. The normalized spacial score (nSPS) is 8.50. The Kier molecular flexibility index (Phi) is 2.38.